The molecule has 144 valence electrons. The minimum Gasteiger partial charge on any atom is -0.493 e. The van der Waals surface area contributed by atoms with Gasteiger partial charge in [0.1, 0.15) is 0 Å². The van der Waals surface area contributed by atoms with Crippen molar-refractivity contribution in [1.29, 1.82) is 0 Å². The van der Waals surface area contributed by atoms with Gasteiger partial charge < -0.3 is 14.2 Å². The Morgan fingerprint density at radius 3 is 2.44 bits per heavy atom. The minimum atomic E-state index is -0.215. The molecule has 1 aromatic carbocycles. The summed E-state index contributed by atoms with van der Waals surface area (Å²) in [7, 11) is 4.67. The van der Waals surface area contributed by atoms with E-state index in [1.807, 2.05) is 0 Å². The maximum Gasteiger partial charge on any atom is 0.250 e. The van der Waals surface area contributed by atoms with E-state index in [1.165, 1.54) is 30.2 Å². The number of nitrogens with one attached hydrogen (secondary N) is 1. The maximum absolute atomic E-state index is 12.3. The summed E-state index contributed by atoms with van der Waals surface area (Å²) in [6, 6.07) is 3.58. The molecule has 0 fully saturated rings. The third-order valence-corrected chi connectivity index (χ3v) is 5.51. The molecule has 7 heteroatoms. The standard InChI is InChI=1S/C20H24N2O4S/c1-24-15-11-13(12-16(25-2)19(15)26-3)9-10-18(23)22-20-21-14-7-5-4-6-8-17(14)27-20/h9-12H,4-8H2,1-3H3,(H,21,22,23). The van der Waals surface area contributed by atoms with Crippen LogP contribution in [0.1, 0.15) is 35.4 Å². The van der Waals surface area contributed by atoms with Crippen LogP contribution in [0.15, 0.2) is 18.2 Å². The summed E-state index contributed by atoms with van der Waals surface area (Å²) in [6.07, 6.45) is 8.87. The first-order valence-corrected chi connectivity index (χ1v) is 9.74. The highest BCUT2D eigenvalue weighted by atomic mass is 32.1. The molecule has 1 N–H and O–H groups in total. The van der Waals surface area contributed by atoms with E-state index in [0.717, 1.165) is 24.1 Å². The van der Waals surface area contributed by atoms with Crippen LogP contribution in [0, 0.1) is 0 Å². The van der Waals surface area contributed by atoms with Crippen LogP contribution in [0.25, 0.3) is 6.08 Å². The van der Waals surface area contributed by atoms with Gasteiger partial charge in [0, 0.05) is 11.0 Å². The average molecular weight is 388 g/mol. The van der Waals surface area contributed by atoms with Crippen molar-refractivity contribution in [3.63, 3.8) is 0 Å². The summed E-state index contributed by atoms with van der Waals surface area (Å²) < 4.78 is 16.0. The Hall–Kier alpha value is -2.54. The zero-order valence-corrected chi connectivity index (χ0v) is 16.6. The van der Waals surface area contributed by atoms with Crippen molar-refractivity contribution in [1.82, 2.24) is 4.98 Å². The van der Waals surface area contributed by atoms with Crippen LogP contribution in [-0.4, -0.2) is 32.2 Å². The lowest BCUT2D eigenvalue weighted by atomic mass is 10.1. The molecule has 6 nitrogen and oxygen atoms in total. The second kappa shape index (κ2) is 8.90. The predicted octanol–water partition coefficient (Wildman–Crippen LogP) is 4.09. The summed E-state index contributed by atoms with van der Waals surface area (Å²) in [5.74, 6) is 1.39. The van der Waals surface area contributed by atoms with Gasteiger partial charge in [0.25, 0.3) is 0 Å². The Kier molecular flexibility index (Phi) is 6.34. The number of ether oxygens (including phenoxy) is 3. The van der Waals surface area contributed by atoms with Crippen molar-refractivity contribution in [2.75, 3.05) is 26.6 Å². The highest BCUT2D eigenvalue weighted by Gasteiger charge is 2.15. The third kappa shape index (κ3) is 4.60. The SMILES string of the molecule is COc1cc(C=CC(=O)Nc2nc3c(s2)CCCCC3)cc(OC)c1OC. The second-order valence-corrected chi connectivity index (χ2v) is 7.31. The van der Waals surface area contributed by atoms with Crippen LogP contribution in [0.2, 0.25) is 0 Å². The summed E-state index contributed by atoms with van der Waals surface area (Å²) >= 11 is 1.58. The molecule has 2 aromatic rings. The Balaban J connectivity index is 1.71. The highest BCUT2D eigenvalue weighted by Crippen LogP contribution is 2.38. The lowest BCUT2D eigenvalue weighted by Crippen LogP contribution is -2.07. The van der Waals surface area contributed by atoms with Crippen molar-refractivity contribution < 1.29 is 19.0 Å². The predicted molar refractivity (Wildman–Crippen MR) is 107 cm³/mol. The number of methoxy groups -OCH3 is 3. The smallest absolute Gasteiger partial charge is 0.250 e. The van der Waals surface area contributed by atoms with Crippen LogP contribution in [0.5, 0.6) is 17.2 Å². The fraction of sp³-hybridized carbons (Fsp3) is 0.400. The number of rotatable bonds is 6. The fourth-order valence-corrected chi connectivity index (χ4v) is 4.15. The molecule has 27 heavy (non-hydrogen) atoms. The van der Waals surface area contributed by atoms with Gasteiger partial charge in [-0.25, -0.2) is 4.98 Å². The number of hydrogen-bond acceptors (Lipinski definition) is 6. The van der Waals surface area contributed by atoms with E-state index in [-0.39, 0.29) is 5.91 Å². The van der Waals surface area contributed by atoms with E-state index < -0.39 is 0 Å². The van der Waals surface area contributed by atoms with Crippen LogP contribution >= 0.6 is 11.3 Å². The first-order chi connectivity index (χ1) is 13.1. The summed E-state index contributed by atoms with van der Waals surface area (Å²) in [5, 5.41) is 3.53. The number of amides is 1. The van der Waals surface area contributed by atoms with Crippen LogP contribution in [0.3, 0.4) is 0 Å². The molecule has 1 aliphatic carbocycles. The Bertz CT molecular complexity index is 796. The molecule has 0 saturated carbocycles. The number of carbonyl (C=O) groups is 1. The van der Waals surface area contributed by atoms with Crippen LogP contribution in [-0.2, 0) is 17.6 Å². The number of fused-ring (bicyclic) bond motifs is 1. The van der Waals surface area contributed by atoms with E-state index in [9.17, 15) is 4.79 Å². The molecule has 0 bridgehead atoms. The number of nitrogens with zero attached hydrogens (tertiary/aromatic N) is 1. The third-order valence-electron chi connectivity index (χ3n) is 4.44. The molecule has 1 aliphatic rings. The van der Waals surface area contributed by atoms with Gasteiger partial charge in [-0.15, -0.1) is 11.3 Å². The quantitative estimate of drug-likeness (QED) is 0.596. The molecule has 1 amide bonds. The topological polar surface area (TPSA) is 69.7 Å². The van der Waals surface area contributed by atoms with E-state index >= 15 is 0 Å². The Morgan fingerprint density at radius 2 is 1.78 bits per heavy atom. The fourth-order valence-electron chi connectivity index (χ4n) is 3.10. The van der Waals surface area contributed by atoms with Gasteiger partial charge in [-0.2, -0.15) is 0 Å². The van der Waals surface area contributed by atoms with Gasteiger partial charge in [-0.05, 0) is 49.5 Å². The van der Waals surface area contributed by atoms with Crippen molar-refractivity contribution in [3.8, 4) is 17.2 Å². The van der Waals surface area contributed by atoms with Gasteiger partial charge >= 0.3 is 0 Å². The average Bonchev–Trinajstić information content (AvgIpc) is 2.93. The van der Waals surface area contributed by atoms with Gasteiger partial charge in [0.15, 0.2) is 16.6 Å². The molecule has 1 heterocycles. The Morgan fingerprint density at radius 1 is 1.07 bits per heavy atom. The van der Waals surface area contributed by atoms with Gasteiger partial charge in [-0.1, -0.05) is 6.42 Å². The zero-order valence-electron chi connectivity index (χ0n) is 15.8. The second-order valence-electron chi connectivity index (χ2n) is 6.23. The van der Waals surface area contributed by atoms with E-state index in [0.29, 0.717) is 22.4 Å². The molecule has 3 rings (SSSR count). The van der Waals surface area contributed by atoms with Gasteiger partial charge in [0.2, 0.25) is 11.7 Å². The van der Waals surface area contributed by atoms with Crippen molar-refractivity contribution in [2.24, 2.45) is 0 Å². The molecular formula is C20H24N2O4S. The highest BCUT2D eigenvalue weighted by molar-refractivity contribution is 7.15. The molecule has 0 atom stereocenters. The van der Waals surface area contributed by atoms with Crippen molar-refractivity contribution >= 4 is 28.5 Å². The van der Waals surface area contributed by atoms with Crippen LogP contribution in [0.4, 0.5) is 5.13 Å². The monoisotopic (exact) mass is 388 g/mol. The van der Waals surface area contributed by atoms with Crippen molar-refractivity contribution in [2.45, 2.75) is 32.1 Å². The Labute approximate surface area is 163 Å². The minimum absolute atomic E-state index is 0.215. The number of hydrogen-bond donors (Lipinski definition) is 1. The first-order valence-electron chi connectivity index (χ1n) is 8.92. The molecular weight excluding hydrogens is 364 g/mol. The molecule has 0 spiro atoms. The van der Waals surface area contributed by atoms with Crippen molar-refractivity contribution in [3.05, 3.63) is 34.3 Å². The lowest BCUT2D eigenvalue weighted by molar-refractivity contribution is -0.111. The molecule has 0 aliphatic heterocycles. The number of benzene rings is 1. The molecule has 1 aromatic heterocycles. The summed E-state index contributed by atoms with van der Waals surface area (Å²) in [4.78, 5) is 18.2. The number of aryl methyl sites for hydroxylation is 2. The van der Waals surface area contributed by atoms with Crippen LogP contribution < -0.4 is 19.5 Å². The van der Waals surface area contributed by atoms with Gasteiger partial charge in [-0.3, -0.25) is 10.1 Å². The first kappa shape index (κ1) is 19.2. The molecule has 0 saturated heterocycles. The summed E-state index contributed by atoms with van der Waals surface area (Å²) in [6.45, 7) is 0. The zero-order chi connectivity index (χ0) is 19.2. The van der Waals surface area contributed by atoms with E-state index in [1.54, 1.807) is 50.9 Å². The van der Waals surface area contributed by atoms with E-state index in [4.69, 9.17) is 14.2 Å². The number of thiazole rings is 1. The number of aromatic nitrogens is 1. The largest absolute Gasteiger partial charge is 0.493 e. The number of carbonyl (C=O) groups excluding carboxylic acids is 1. The normalized spacial score (nSPS) is 13.7. The lowest BCUT2D eigenvalue weighted by Gasteiger charge is -2.12. The van der Waals surface area contributed by atoms with Gasteiger partial charge in [0.05, 0.1) is 27.0 Å². The molecule has 0 radical (unpaired) electrons. The van der Waals surface area contributed by atoms with E-state index in [2.05, 4.69) is 10.3 Å². The summed E-state index contributed by atoms with van der Waals surface area (Å²) in [5.41, 5.74) is 1.91. The number of anilines is 1. The maximum atomic E-state index is 12.3. The molecule has 0 unspecified atom stereocenters.